The van der Waals surface area contributed by atoms with E-state index in [1.54, 1.807) is 61.2 Å². The van der Waals surface area contributed by atoms with Gasteiger partial charge in [0.05, 0.1) is 11.1 Å². The molecule has 6 aromatic rings. The summed E-state index contributed by atoms with van der Waals surface area (Å²) in [6.45, 7) is 15.2. The normalized spacial score (nSPS) is 12.6. The molecule has 0 bridgehead atoms. The number of rotatable bonds is 16. The van der Waals surface area contributed by atoms with Crippen molar-refractivity contribution in [1.82, 2.24) is 0 Å². The highest BCUT2D eigenvalue weighted by Crippen LogP contribution is 2.40. The Morgan fingerprint density at radius 1 is 0.465 bits per heavy atom. The topological polar surface area (TPSA) is 57.7 Å². The fourth-order valence-electron chi connectivity index (χ4n) is 8.33. The van der Waals surface area contributed by atoms with Crippen LogP contribution in [0.3, 0.4) is 0 Å². The number of Topliss-reactive ketones (excluding diaryl/α,β-unsaturated/α-hetero) is 2. The molecule has 1 unspecified atom stereocenters. The minimum Gasteiger partial charge on any atom is -0.345 e. The molecule has 0 aromatic heterocycles. The molecule has 6 aromatic carbocycles. The van der Waals surface area contributed by atoms with Crippen molar-refractivity contribution in [3.8, 4) is 22.3 Å². The Kier molecular flexibility index (Phi) is 18.9. The molecule has 2 atom stereocenters. The molecule has 5 nitrogen and oxygen atoms in total. The van der Waals surface area contributed by atoms with Crippen LogP contribution in [0.4, 0.5) is 49.1 Å². The molecule has 0 aliphatic carbocycles. The minimum absolute atomic E-state index is 0.0132. The molecule has 0 fully saturated rings. The first-order valence-electron chi connectivity index (χ1n) is 23.5. The number of benzene rings is 6. The molecule has 376 valence electrons. The Hall–Kier alpha value is -5.91. The monoisotopic (exact) mass is 1020 g/mol. The molecule has 0 N–H and O–H groups in total. The number of halogens is 8. The molecule has 0 saturated carbocycles. The van der Waals surface area contributed by atoms with Crippen LogP contribution in [-0.4, -0.2) is 24.5 Å². The number of ketones is 2. The lowest BCUT2D eigenvalue weighted by Gasteiger charge is -2.27. The van der Waals surface area contributed by atoms with Gasteiger partial charge >= 0.3 is 12.4 Å². The number of nitrogens with zero attached hydrogens (tertiary/aromatic N) is 2. The maximum absolute atomic E-state index is 13.5. The first-order valence-corrected chi connectivity index (χ1v) is 24.2. The molecule has 0 spiro atoms. The predicted octanol–water partition coefficient (Wildman–Crippen LogP) is 18.0. The first-order chi connectivity index (χ1) is 33.2. The summed E-state index contributed by atoms with van der Waals surface area (Å²) in [6.07, 6.45) is -7.26. The molecule has 71 heavy (non-hydrogen) atoms. The predicted molar refractivity (Wildman–Crippen MR) is 277 cm³/mol. The highest BCUT2D eigenvalue weighted by atomic mass is 35.5. The van der Waals surface area contributed by atoms with Crippen LogP contribution in [0.25, 0.3) is 22.3 Å². The molecular weight excluding hydrogens is 958 g/mol. The van der Waals surface area contributed by atoms with Gasteiger partial charge in [0.15, 0.2) is 0 Å². The van der Waals surface area contributed by atoms with Gasteiger partial charge in [-0.3, -0.25) is 19.3 Å². The van der Waals surface area contributed by atoms with Crippen molar-refractivity contribution in [3.63, 3.8) is 0 Å². The number of anilines is 4. The Morgan fingerprint density at radius 3 is 1.18 bits per heavy atom. The Bertz CT molecular complexity index is 2750. The van der Waals surface area contributed by atoms with Gasteiger partial charge in [-0.1, -0.05) is 101 Å². The largest absolute Gasteiger partial charge is 0.416 e. The second-order valence-corrected chi connectivity index (χ2v) is 20.1. The third-order valence-corrected chi connectivity index (χ3v) is 12.5. The van der Waals surface area contributed by atoms with Crippen LogP contribution in [-0.2, 0) is 26.7 Å². The van der Waals surface area contributed by atoms with Crippen molar-refractivity contribution < 1.29 is 40.7 Å². The summed E-state index contributed by atoms with van der Waals surface area (Å²) >= 11 is 12.1. The number of carbonyl (C=O) groups excluding carboxylic acids is 3. The summed E-state index contributed by atoms with van der Waals surface area (Å²) in [7, 11) is 1.91. The third-order valence-electron chi connectivity index (χ3n) is 11.9. The highest BCUT2D eigenvalue weighted by Gasteiger charge is 2.32. The van der Waals surface area contributed by atoms with Gasteiger partial charge < -0.3 is 4.90 Å². The lowest BCUT2D eigenvalue weighted by atomic mass is 9.85. The van der Waals surface area contributed by atoms with Crippen LogP contribution in [0.15, 0.2) is 133 Å². The summed E-state index contributed by atoms with van der Waals surface area (Å²) in [6, 6.07) is 35.6. The van der Waals surface area contributed by atoms with E-state index in [0.717, 1.165) is 52.3 Å². The first kappa shape index (κ1) is 56.0. The quantitative estimate of drug-likeness (QED) is 0.0907. The van der Waals surface area contributed by atoms with Crippen LogP contribution in [0, 0.1) is 17.8 Å². The number of alkyl halides is 6. The third kappa shape index (κ3) is 15.5. The van der Waals surface area contributed by atoms with Gasteiger partial charge in [-0.05, 0) is 175 Å². The van der Waals surface area contributed by atoms with E-state index in [1.807, 2.05) is 82.1 Å². The molecule has 1 amide bonds. The number of carbonyl (C=O) groups is 3. The molecule has 0 radical (unpaired) electrons. The minimum atomic E-state index is -4.45. The number of hydrogen-bond acceptors (Lipinski definition) is 4. The van der Waals surface area contributed by atoms with Crippen LogP contribution in [0.1, 0.15) is 109 Å². The van der Waals surface area contributed by atoms with Crippen LogP contribution in [0.5, 0.6) is 0 Å². The average Bonchev–Trinajstić information content (AvgIpc) is 3.29. The van der Waals surface area contributed by atoms with E-state index in [9.17, 15) is 40.7 Å². The zero-order valence-corrected chi connectivity index (χ0v) is 42.9. The van der Waals surface area contributed by atoms with Gasteiger partial charge in [0.25, 0.3) is 0 Å². The van der Waals surface area contributed by atoms with E-state index in [-0.39, 0.29) is 41.6 Å². The van der Waals surface area contributed by atoms with Gasteiger partial charge in [0.1, 0.15) is 11.6 Å². The average molecular weight is 1020 g/mol. The maximum atomic E-state index is 13.5. The SMILES string of the molecule is CC(=O)C(CC(C)C)c1cc(-c2ccc(C(F)(F)F)cc2)cc(N(C(=O)CC(C)C)c2ccc(Cl)cc2)c1.CC(=O)[C@@H](CC(C)C)c1cc(-c2ccc(C(F)(F)F)cc2)cc(N(C)c2ccc(Cl)cc2)c1. The highest BCUT2D eigenvalue weighted by molar-refractivity contribution is 6.31. The fourth-order valence-corrected chi connectivity index (χ4v) is 8.58. The van der Waals surface area contributed by atoms with Crippen LogP contribution in [0.2, 0.25) is 10.0 Å². The maximum Gasteiger partial charge on any atom is 0.416 e. The van der Waals surface area contributed by atoms with Crippen molar-refractivity contribution in [1.29, 1.82) is 0 Å². The lowest BCUT2D eigenvalue weighted by molar-refractivity contribution is -0.138. The molecule has 0 aliphatic heterocycles. The number of amides is 1. The van der Waals surface area contributed by atoms with E-state index in [1.165, 1.54) is 24.3 Å². The van der Waals surface area contributed by atoms with Crippen molar-refractivity contribution in [3.05, 3.63) is 166 Å². The molecule has 6 rings (SSSR count). The standard InChI is InChI=1S/C31H33ClF3NO2.C27H27ClF3NO/c1-19(2)14-29(21(5)37)24-16-23(22-6-8-25(9-7-22)31(33,34)35)17-28(18-24)36(30(38)15-20(3)4)27-12-10-26(32)11-13-27;1-17(2)13-26(18(3)33)21-14-20(19-5-7-22(8-6-19)27(29,30)31)15-25(16-21)32(4)24-11-9-23(28)10-12-24/h6-13,16-20,29H,14-15H2,1-5H3;5-12,14-17,26H,13H2,1-4H3/t;26-/m.1/s1. The number of hydrogen-bond donors (Lipinski definition) is 0. The van der Waals surface area contributed by atoms with E-state index < -0.39 is 29.4 Å². The Labute approximate surface area is 423 Å². The second kappa shape index (κ2) is 24.0. The van der Waals surface area contributed by atoms with Gasteiger partial charge in [0.2, 0.25) is 5.91 Å². The van der Waals surface area contributed by atoms with Crippen LogP contribution < -0.4 is 9.80 Å². The van der Waals surface area contributed by atoms with E-state index in [2.05, 4.69) is 13.8 Å². The molecular formula is C58H60Cl2F6N2O3. The van der Waals surface area contributed by atoms with Crippen molar-refractivity contribution in [2.24, 2.45) is 17.8 Å². The summed E-state index contributed by atoms with van der Waals surface area (Å²) in [4.78, 5) is 42.4. The Morgan fingerprint density at radius 2 is 0.831 bits per heavy atom. The van der Waals surface area contributed by atoms with Crippen molar-refractivity contribution in [2.75, 3.05) is 16.8 Å². The van der Waals surface area contributed by atoms with Crippen LogP contribution >= 0.6 is 23.2 Å². The summed E-state index contributed by atoms with van der Waals surface area (Å²) in [5, 5.41) is 1.15. The zero-order valence-electron chi connectivity index (χ0n) is 41.4. The van der Waals surface area contributed by atoms with E-state index >= 15 is 0 Å². The van der Waals surface area contributed by atoms with Gasteiger partial charge in [-0.25, -0.2) is 0 Å². The molecule has 13 heteroatoms. The van der Waals surface area contributed by atoms with E-state index in [0.29, 0.717) is 56.9 Å². The second-order valence-electron chi connectivity index (χ2n) is 19.2. The zero-order chi connectivity index (χ0) is 52.5. The van der Waals surface area contributed by atoms with Gasteiger partial charge in [0, 0.05) is 58.1 Å². The van der Waals surface area contributed by atoms with Crippen molar-refractivity contribution >= 4 is 63.4 Å². The molecule has 0 saturated heterocycles. The summed E-state index contributed by atoms with van der Waals surface area (Å²) < 4.78 is 78.7. The lowest BCUT2D eigenvalue weighted by Crippen LogP contribution is -2.27. The van der Waals surface area contributed by atoms with Gasteiger partial charge in [-0.2, -0.15) is 26.3 Å². The summed E-state index contributed by atoms with van der Waals surface area (Å²) in [5.41, 5.74) is 5.61. The summed E-state index contributed by atoms with van der Waals surface area (Å²) in [5.74, 6) is -0.161. The smallest absolute Gasteiger partial charge is 0.345 e. The van der Waals surface area contributed by atoms with E-state index in [4.69, 9.17) is 23.2 Å². The Balaban J connectivity index is 0.000000267. The van der Waals surface area contributed by atoms with Gasteiger partial charge in [-0.15, -0.1) is 0 Å². The molecule has 0 heterocycles. The molecule has 0 aliphatic rings. The fraction of sp³-hybridized carbons (Fsp3) is 0.328. The van der Waals surface area contributed by atoms with Crippen molar-refractivity contribution in [2.45, 2.75) is 98.8 Å².